The molecule has 0 aliphatic heterocycles. The second kappa shape index (κ2) is 8.21. The van der Waals surface area contributed by atoms with E-state index in [9.17, 15) is 4.21 Å². The van der Waals surface area contributed by atoms with Crippen LogP contribution in [0.1, 0.15) is 11.3 Å². The fraction of sp³-hybridized carbons (Fsp3) is 0.0625. The number of ether oxygens (including phenoxy) is 1. The molecule has 1 atom stereocenters. The highest BCUT2D eigenvalue weighted by Crippen LogP contribution is 2.37. The Labute approximate surface area is 171 Å². The molecule has 2 N–H and O–H groups in total. The maximum atomic E-state index is 12.8. The molecule has 0 radical (unpaired) electrons. The first-order valence-corrected chi connectivity index (χ1v) is 9.99. The predicted octanol–water partition coefficient (Wildman–Crippen LogP) is 4.22. The lowest BCUT2D eigenvalue weighted by atomic mass is 10.3. The van der Waals surface area contributed by atoms with Crippen molar-refractivity contribution in [2.45, 2.75) is 11.1 Å². The first kappa shape index (κ1) is 19.5. The minimum atomic E-state index is -1.84. The van der Waals surface area contributed by atoms with Crippen LogP contribution in [0.5, 0.6) is 11.6 Å². The molecule has 3 rings (SSSR count). The molecule has 0 spiro atoms. The number of hydrogen-bond acceptors (Lipinski definition) is 7. The lowest BCUT2D eigenvalue weighted by Gasteiger charge is -2.19. The Hall–Kier alpha value is -2.22. The summed E-state index contributed by atoms with van der Waals surface area (Å²) >= 11 is 12.9. The topological polar surface area (TPSA) is 105 Å². The molecule has 3 aromatic heterocycles. The number of rotatable bonds is 5. The van der Waals surface area contributed by atoms with Gasteiger partial charge < -0.3 is 4.74 Å². The van der Waals surface area contributed by atoms with Gasteiger partial charge in [0.1, 0.15) is 20.3 Å². The van der Waals surface area contributed by atoms with Gasteiger partial charge in [-0.25, -0.2) is 19.4 Å². The summed E-state index contributed by atoms with van der Waals surface area (Å²) in [7, 11) is -1.84. The van der Waals surface area contributed by atoms with E-state index in [1.807, 2.05) is 6.07 Å². The highest BCUT2D eigenvalue weighted by molar-refractivity contribution is 7.88. The van der Waals surface area contributed by atoms with Gasteiger partial charge in [0.15, 0.2) is 16.7 Å². The van der Waals surface area contributed by atoms with Crippen LogP contribution in [0.15, 0.2) is 40.9 Å². The zero-order chi connectivity index (χ0) is 19.6. The number of pyridine rings is 2. The van der Waals surface area contributed by atoms with Crippen molar-refractivity contribution in [2.24, 2.45) is 5.84 Å². The molecular formula is C16H11Cl2N5O2S2. The average Bonchev–Trinajstić information content (AvgIpc) is 3.01. The summed E-state index contributed by atoms with van der Waals surface area (Å²) in [5.74, 6) is 6.59. The molecule has 0 aliphatic rings. The number of aryl methyl sites for hydroxylation is 1. The standard InChI is InChI=1S/C16H11Cl2N5O2S2/c1-9-13(3-2-4-21-9)25-16-12(5-10(7-19)8-22-16)23(20)27(24)14-6-11(17)15(18)26-14/h2-6,8H,20H2,1H3. The summed E-state index contributed by atoms with van der Waals surface area (Å²) in [6.45, 7) is 1.77. The summed E-state index contributed by atoms with van der Waals surface area (Å²) in [4.78, 5) is 8.27. The van der Waals surface area contributed by atoms with E-state index in [0.29, 0.717) is 20.0 Å². The highest BCUT2D eigenvalue weighted by atomic mass is 35.5. The smallest absolute Gasteiger partial charge is 0.245 e. The van der Waals surface area contributed by atoms with Crippen LogP contribution in [0.25, 0.3) is 0 Å². The maximum absolute atomic E-state index is 12.8. The quantitative estimate of drug-likeness (QED) is 0.471. The molecule has 0 saturated carbocycles. The van der Waals surface area contributed by atoms with Gasteiger partial charge in [0.05, 0.1) is 16.3 Å². The fourth-order valence-electron chi connectivity index (χ4n) is 2.02. The minimum Gasteiger partial charge on any atom is -0.435 e. The van der Waals surface area contributed by atoms with Gasteiger partial charge in [-0.3, -0.25) is 4.98 Å². The molecule has 1 unspecified atom stereocenters. The van der Waals surface area contributed by atoms with Crippen LogP contribution >= 0.6 is 34.5 Å². The third-order valence-electron chi connectivity index (χ3n) is 3.34. The first-order valence-electron chi connectivity index (χ1n) is 7.32. The van der Waals surface area contributed by atoms with E-state index in [1.54, 1.807) is 25.3 Å². The molecule has 0 fully saturated rings. The van der Waals surface area contributed by atoms with Crippen molar-refractivity contribution >= 4 is 51.2 Å². The summed E-state index contributed by atoms with van der Waals surface area (Å²) < 4.78 is 20.2. The van der Waals surface area contributed by atoms with Crippen molar-refractivity contribution in [2.75, 3.05) is 4.41 Å². The van der Waals surface area contributed by atoms with Crippen LogP contribution in [0.2, 0.25) is 9.36 Å². The molecular weight excluding hydrogens is 429 g/mol. The van der Waals surface area contributed by atoms with Crippen LogP contribution in [0.4, 0.5) is 5.69 Å². The number of thiophene rings is 1. The van der Waals surface area contributed by atoms with Crippen molar-refractivity contribution in [3.63, 3.8) is 0 Å². The molecule has 0 bridgehead atoms. The number of hydrogen-bond donors (Lipinski definition) is 1. The van der Waals surface area contributed by atoms with E-state index in [1.165, 1.54) is 18.3 Å². The van der Waals surface area contributed by atoms with Gasteiger partial charge >= 0.3 is 0 Å². The van der Waals surface area contributed by atoms with Crippen molar-refractivity contribution in [1.82, 2.24) is 9.97 Å². The largest absolute Gasteiger partial charge is 0.435 e. The number of anilines is 1. The Balaban J connectivity index is 2.01. The van der Waals surface area contributed by atoms with Crippen LogP contribution in [0.3, 0.4) is 0 Å². The van der Waals surface area contributed by atoms with Crippen molar-refractivity contribution in [3.8, 4) is 17.7 Å². The van der Waals surface area contributed by atoms with Gasteiger partial charge in [-0.2, -0.15) is 5.26 Å². The van der Waals surface area contributed by atoms with Crippen LogP contribution in [0, 0.1) is 18.3 Å². The normalized spacial score (nSPS) is 11.7. The Morgan fingerprint density at radius 2 is 2.15 bits per heavy atom. The average molecular weight is 440 g/mol. The lowest BCUT2D eigenvalue weighted by Crippen LogP contribution is -2.33. The van der Waals surface area contributed by atoms with Crippen molar-refractivity contribution < 1.29 is 8.95 Å². The summed E-state index contributed by atoms with van der Waals surface area (Å²) in [6.07, 6.45) is 2.96. The number of nitrogens with two attached hydrogens (primary N) is 1. The predicted molar refractivity (Wildman–Crippen MR) is 105 cm³/mol. The second-order valence-corrected chi connectivity index (χ2v) is 8.76. The fourth-order valence-corrected chi connectivity index (χ4v) is 4.82. The number of halogens is 2. The Morgan fingerprint density at radius 3 is 2.78 bits per heavy atom. The Morgan fingerprint density at radius 1 is 1.37 bits per heavy atom. The van der Waals surface area contributed by atoms with E-state index >= 15 is 0 Å². The second-order valence-electron chi connectivity index (χ2n) is 5.11. The molecule has 0 aliphatic carbocycles. The van der Waals surface area contributed by atoms with E-state index < -0.39 is 11.0 Å². The monoisotopic (exact) mass is 439 g/mol. The maximum Gasteiger partial charge on any atom is 0.245 e. The molecule has 7 nitrogen and oxygen atoms in total. The van der Waals surface area contributed by atoms with Crippen molar-refractivity contribution in [3.05, 3.63) is 57.3 Å². The van der Waals surface area contributed by atoms with E-state index in [-0.39, 0.29) is 22.2 Å². The van der Waals surface area contributed by atoms with Gasteiger partial charge in [0.25, 0.3) is 0 Å². The molecule has 0 amide bonds. The lowest BCUT2D eigenvalue weighted by molar-refractivity contribution is 0.457. The van der Waals surface area contributed by atoms with Crippen LogP contribution in [-0.4, -0.2) is 14.2 Å². The minimum absolute atomic E-state index is 0.0784. The molecule has 0 saturated heterocycles. The van der Waals surface area contributed by atoms with Crippen LogP contribution < -0.4 is 15.0 Å². The third kappa shape index (κ3) is 4.21. The van der Waals surface area contributed by atoms with Gasteiger partial charge in [-0.15, -0.1) is 11.3 Å². The molecule has 3 aromatic rings. The highest BCUT2D eigenvalue weighted by Gasteiger charge is 2.22. The first-order chi connectivity index (χ1) is 12.9. The zero-order valence-corrected chi connectivity index (χ0v) is 16.9. The molecule has 0 aromatic carbocycles. The number of hydrazine groups is 1. The van der Waals surface area contributed by atoms with E-state index in [2.05, 4.69) is 9.97 Å². The van der Waals surface area contributed by atoms with E-state index in [4.69, 9.17) is 39.0 Å². The molecule has 11 heteroatoms. The molecule has 138 valence electrons. The van der Waals surface area contributed by atoms with Gasteiger partial charge in [-0.05, 0) is 31.2 Å². The van der Waals surface area contributed by atoms with Gasteiger partial charge in [0, 0.05) is 12.4 Å². The molecule has 3 heterocycles. The number of nitrogens with zero attached hydrogens (tertiary/aromatic N) is 4. The van der Waals surface area contributed by atoms with E-state index in [0.717, 1.165) is 15.8 Å². The zero-order valence-electron chi connectivity index (χ0n) is 13.7. The Bertz CT molecular complexity index is 1050. The SMILES string of the molecule is Cc1ncccc1Oc1ncc(C#N)cc1N(N)S(=O)c1cc(Cl)c(Cl)s1. The van der Waals surface area contributed by atoms with Gasteiger partial charge in [-0.1, -0.05) is 23.2 Å². The van der Waals surface area contributed by atoms with Gasteiger partial charge in [0.2, 0.25) is 5.88 Å². The number of nitriles is 1. The summed E-state index contributed by atoms with van der Waals surface area (Å²) in [5, 5.41) is 9.44. The number of aromatic nitrogens is 2. The van der Waals surface area contributed by atoms with Crippen molar-refractivity contribution in [1.29, 1.82) is 5.26 Å². The third-order valence-corrected chi connectivity index (χ3v) is 6.69. The molecule has 27 heavy (non-hydrogen) atoms. The van der Waals surface area contributed by atoms with Crippen LogP contribution in [-0.2, 0) is 11.0 Å². The summed E-state index contributed by atoms with van der Waals surface area (Å²) in [5.41, 5.74) is 1.03. The Kier molecular flexibility index (Phi) is 5.94. The summed E-state index contributed by atoms with van der Waals surface area (Å²) in [6, 6.07) is 8.29.